The number of rotatable bonds is 0. The van der Waals surface area contributed by atoms with Gasteiger partial charge in [0.25, 0.3) is 0 Å². The monoisotopic (exact) mass is 1020 g/mol. The number of aromatic nitrogens is 1. The molecule has 0 aliphatic carbocycles. The highest BCUT2D eigenvalue weighted by Gasteiger charge is 2.12. The van der Waals surface area contributed by atoms with Gasteiger partial charge in [0.05, 0.1) is 17.8 Å². The van der Waals surface area contributed by atoms with Crippen LogP contribution in [0, 0.1) is 0 Å². The Balaban J connectivity index is 0.000000102. The van der Waals surface area contributed by atoms with Crippen molar-refractivity contribution in [2.45, 2.75) is 27.5 Å². The zero-order valence-electron chi connectivity index (χ0n) is 39.6. The molecule has 0 saturated carbocycles. The topological polar surface area (TPSA) is 77.9 Å². The smallest absolute Gasteiger partial charge is 0.231 e. The zero-order valence-corrected chi connectivity index (χ0v) is 42.8. The lowest BCUT2D eigenvalue weighted by Crippen LogP contribution is -1.92. The lowest BCUT2D eigenvalue weighted by Gasteiger charge is -1.94. The van der Waals surface area contributed by atoms with Crippen LogP contribution in [0.1, 0.15) is 11.1 Å². The van der Waals surface area contributed by atoms with Crippen molar-refractivity contribution >= 4 is 84.3 Å². The van der Waals surface area contributed by atoms with E-state index in [1.807, 2.05) is 133 Å². The molecule has 72 heavy (non-hydrogen) atoms. The summed E-state index contributed by atoms with van der Waals surface area (Å²) < 4.78 is 27.2. The van der Waals surface area contributed by atoms with E-state index < -0.39 is 0 Å². The number of para-hydroxylation sites is 7. The molecule has 362 valence electrons. The summed E-state index contributed by atoms with van der Waals surface area (Å²) in [4.78, 5) is 7.27. The molecule has 8 aromatic carbocycles. The zero-order chi connectivity index (χ0) is 48.8. The average Bonchev–Trinajstić information content (AvgIpc) is 4.31. The highest BCUT2D eigenvalue weighted by molar-refractivity contribution is 8.18. The number of H-pyrrole nitrogens is 1. The molecule has 0 fully saturated rings. The van der Waals surface area contributed by atoms with E-state index in [1.165, 1.54) is 64.0 Å². The van der Waals surface area contributed by atoms with Crippen molar-refractivity contribution in [1.29, 1.82) is 0 Å². The third kappa shape index (κ3) is 14.5. The summed E-state index contributed by atoms with van der Waals surface area (Å²) in [6, 6.07) is 71.6. The Labute approximate surface area is 437 Å². The van der Waals surface area contributed by atoms with Crippen LogP contribution in [-0.4, -0.2) is 36.0 Å². The van der Waals surface area contributed by atoms with Gasteiger partial charge in [0.2, 0.25) is 6.79 Å². The maximum atomic E-state index is 5.30. The molecule has 2 N–H and O–H groups in total. The van der Waals surface area contributed by atoms with Gasteiger partial charge < -0.3 is 33.7 Å². The van der Waals surface area contributed by atoms with E-state index in [2.05, 4.69) is 125 Å². The highest BCUT2D eigenvalue weighted by Crippen LogP contribution is 2.41. The van der Waals surface area contributed by atoms with Gasteiger partial charge in [-0.15, -0.1) is 34.9 Å². The van der Waals surface area contributed by atoms with E-state index in [1.54, 1.807) is 29.4 Å². The van der Waals surface area contributed by atoms with Crippen molar-refractivity contribution in [2.75, 3.05) is 36.3 Å². The van der Waals surface area contributed by atoms with Gasteiger partial charge in [0, 0.05) is 55.3 Å². The van der Waals surface area contributed by atoms with Crippen LogP contribution in [0.25, 0.3) is 32.0 Å². The number of thioether (sulfide) groups is 3. The number of nitrogens with one attached hydrogen (secondary N) is 2. The van der Waals surface area contributed by atoms with Gasteiger partial charge >= 0.3 is 0 Å². The minimum absolute atomic E-state index is 0.360. The molecule has 11 heteroatoms. The fraction of sp³-hybridized carbons (Fsp3) is 0.115. The maximum absolute atomic E-state index is 5.30. The van der Waals surface area contributed by atoms with Crippen LogP contribution < -0.4 is 24.3 Å². The standard InChI is InChI=1S/C8H9N.C8H7N.C8H8O.C8H6O.C8H6S.C7H6O2.C7H6OS.C7H6S2/c5*1-2-4-8-7(3-1)5-6-9-8;3*1-2-4-7-6(3-1)8-5-9-7/h1-4,9H,5-6H2;1-6,9H;1-4H,5-6H2;2*1-6H;3*1-4H,5H2. The number of aromatic amines is 1. The number of ether oxygens (including phenoxy) is 4. The largest absolute Gasteiger partial charge is 0.493 e. The average molecular weight is 1020 g/mol. The summed E-state index contributed by atoms with van der Waals surface area (Å²) in [5, 5.41) is 10.4. The number of furan rings is 1. The van der Waals surface area contributed by atoms with Crippen LogP contribution in [0.3, 0.4) is 0 Å². The van der Waals surface area contributed by atoms with Crippen LogP contribution in [0.5, 0.6) is 23.0 Å². The van der Waals surface area contributed by atoms with Gasteiger partial charge in [-0.1, -0.05) is 139 Å². The fourth-order valence-electron chi connectivity index (χ4n) is 7.71. The maximum Gasteiger partial charge on any atom is 0.231 e. The second-order valence-electron chi connectivity index (χ2n) is 16.1. The van der Waals surface area contributed by atoms with Crippen molar-refractivity contribution < 1.29 is 23.4 Å². The first-order chi connectivity index (χ1) is 35.7. The number of hydrogen-bond acceptors (Lipinski definition) is 10. The molecule has 7 nitrogen and oxygen atoms in total. The molecule has 5 aliphatic rings. The van der Waals surface area contributed by atoms with Crippen molar-refractivity contribution in [1.82, 2.24) is 4.98 Å². The normalized spacial score (nSPS) is 13.0. The van der Waals surface area contributed by atoms with Gasteiger partial charge in [0.1, 0.15) is 23.0 Å². The summed E-state index contributed by atoms with van der Waals surface area (Å²) >= 11 is 7.39. The molecule has 5 aliphatic heterocycles. The molecular weight excluding hydrogens is 969 g/mol. The van der Waals surface area contributed by atoms with Crippen molar-refractivity contribution in [3.63, 3.8) is 0 Å². The van der Waals surface area contributed by atoms with E-state index in [0.717, 1.165) is 59.5 Å². The van der Waals surface area contributed by atoms with Crippen molar-refractivity contribution in [3.8, 4) is 23.0 Å². The van der Waals surface area contributed by atoms with Gasteiger partial charge in [-0.3, -0.25) is 0 Å². The summed E-state index contributed by atoms with van der Waals surface area (Å²) in [5.74, 6) is 4.56. The third-order valence-electron chi connectivity index (χ3n) is 11.3. The molecule has 0 spiro atoms. The molecule has 0 bridgehead atoms. The Kier molecular flexibility index (Phi) is 18.6. The Bertz CT molecular complexity index is 2720. The molecule has 0 unspecified atom stereocenters. The predicted octanol–water partition coefficient (Wildman–Crippen LogP) is 17.2. The quantitative estimate of drug-likeness (QED) is 0.154. The van der Waals surface area contributed by atoms with Crippen molar-refractivity contribution in [3.05, 3.63) is 241 Å². The number of anilines is 1. The lowest BCUT2D eigenvalue weighted by atomic mass is 10.2. The minimum Gasteiger partial charge on any atom is -0.493 e. The number of fused-ring (bicyclic) bond motifs is 8. The minimum atomic E-state index is 0.360. The number of thiophene rings is 1. The molecule has 3 aromatic heterocycles. The van der Waals surface area contributed by atoms with Gasteiger partial charge in [-0.05, 0) is 119 Å². The fourth-order valence-corrected chi connectivity index (χ4v) is 11.6. The number of benzene rings is 8. The Morgan fingerprint density at radius 2 is 1.06 bits per heavy atom. The first-order valence-corrected chi connectivity index (χ1v) is 27.5. The van der Waals surface area contributed by atoms with E-state index in [4.69, 9.17) is 23.4 Å². The van der Waals surface area contributed by atoms with Crippen LogP contribution in [0.2, 0.25) is 0 Å². The molecule has 0 amide bonds. The summed E-state index contributed by atoms with van der Waals surface area (Å²) in [7, 11) is 0. The van der Waals surface area contributed by atoms with Crippen LogP contribution in [-0.2, 0) is 12.8 Å². The lowest BCUT2D eigenvalue weighted by molar-refractivity contribution is 0.174. The summed E-state index contributed by atoms with van der Waals surface area (Å²) in [5.41, 5.74) is 6.28. The van der Waals surface area contributed by atoms with E-state index in [0.29, 0.717) is 6.79 Å². The second-order valence-corrected chi connectivity index (χ2v) is 20.4. The van der Waals surface area contributed by atoms with Crippen LogP contribution in [0.4, 0.5) is 5.69 Å². The third-order valence-corrected chi connectivity index (χ3v) is 15.5. The first-order valence-electron chi connectivity index (χ1n) is 23.7. The molecule has 0 saturated heterocycles. The SMILES string of the molecule is c1ccc2[nH]ccc2c1.c1ccc2c(c1)CCN2.c1ccc2c(c1)CCO2.c1ccc2c(c1)OCO2.c1ccc2c(c1)OCS2.c1ccc2c(c1)SCS2.c1ccc2occc2c1.c1ccc2sccc2c1. The van der Waals surface area contributed by atoms with E-state index >= 15 is 0 Å². The molecule has 0 radical (unpaired) electrons. The highest BCUT2D eigenvalue weighted by atomic mass is 32.2. The number of hydrogen-bond donors (Lipinski definition) is 2. The summed E-state index contributed by atoms with van der Waals surface area (Å²) in [6.45, 7) is 2.33. The van der Waals surface area contributed by atoms with E-state index in [-0.39, 0.29) is 0 Å². The Morgan fingerprint density at radius 1 is 0.431 bits per heavy atom. The van der Waals surface area contributed by atoms with Crippen molar-refractivity contribution in [2.24, 2.45) is 0 Å². The van der Waals surface area contributed by atoms with Gasteiger partial charge in [-0.2, -0.15) is 0 Å². The van der Waals surface area contributed by atoms with E-state index in [9.17, 15) is 0 Å². The van der Waals surface area contributed by atoms with Crippen LogP contribution in [0.15, 0.2) is 249 Å². The molecule has 8 heterocycles. The second kappa shape index (κ2) is 26.9. The van der Waals surface area contributed by atoms with Gasteiger partial charge in [-0.25, -0.2) is 0 Å². The van der Waals surface area contributed by atoms with Crippen LogP contribution >= 0.6 is 46.6 Å². The molecule has 11 aromatic rings. The molecular formula is C61H54N2O5S4. The summed E-state index contributed by atoms with van der Waals surface area (Å²) in [6.07, 6.45) is 5.92. The van der Waals surface area contributed by atoms with Gasteiger partial charge in [0.15, 0.2) is 11.5 Å². The Hall–Kier alpha value is -7.15. The Morgan fingerprint density at radius 3 is 1.78 bits per heavy atom. The predicted molar refractivity (Wildman–Crippen MR) is 304 cm³/mol. The molecule has 16 rings (SSSR count). The first kappa shape index (κ1) is 49.8. The molecule has 0 atom stereocenters.